The number of halogens is 1. The first-order chi connectivity index (χ1) is 18.5. The molecule has 3 aromatic carbocycles. The Bertz CT molecular complexity index is 1210. The van der Waals surface area contributed by atoms with Crippen LogP contribution in [0.3, 0.4) is 0 Å². The summed E-state index contributed by atoms with van der Waals surface area (Å²) in [4.78, 5) is 17.3. The summed E-state index contributed by atoms with van der Waals surface area (Å²) >= 11 is 6.17. The second-order valence-corrected chi connectivity index (χ2v) is 9.69. The standard InChI is InChI=1S/C30H35ClN2O5/c1-35-26-9-5-7-24(19-26)29(38-21-23-6-4-8-25(31)16-23)20-32-12-14-33(15-13-32)30(34)18-22-10-11-27(36-2)28(17-22)37-3/h4-11,16-17,19,29H,12-15,18,20-21H2,1-3H3/t29-/m1/s1. The average molecular weight is 539 g/mol. The molecular weight excluding hydrogens is 504 g/mol. The van der Waals surface area contributed by atoms with Crippen molar-refractivity contribution in [2.75, 3.05) is 54.1 Å². The molecule has 1 aliphatic heterocycles. The minimum atomic E-state index is -0.155. The predicted molar refractivity (Wildman–Crippen MR) is 148 cm³/mol. The molecule has 0 saturated carbocycles. The van der Waals surface area contributed by atoms with E-state index in [1.165, 1.54) is 0 Å². The van der Waals surface area contributed by atoms with Crippen LogP contribution in [-0.2, 0) is 22.6 Å². The first-order valence-corrected chi connectivity index (χ1v) is 13.1. The van der Waals surface area contributed by atoms with Crippen molar-refractivity contribution in [1.82, 2.24) is 9.80 Å². The van der Waals surface area contributed by atoms with Gasteiger partial charge in [0.25, 0.3) is 0 Å². The molecule has 1 atom stereocenters. The van der Waals surface area contributed by atoms with Gasteiger partial charge in [-0.15, -0.1) is 0 Å². The van der Waals surface area contributed by atoms with Crippen molar-refractivity contribution in [3.63, 3.8) is 0 Å². The third-order valence-corrected chi connectivity index (χ3v) is 6.99. The summed E-state index contributed by atoms with van der Waals surface area (Å²) in [6.07, 6.45) is 0.174. The third kappa shape index (κ3) is 7.40. The average Bonchev–Trinajstić information content (AvgIpc) is 2.95. The maximum atomic E-state index is 13.0. The molecule has 0 aliphatic carbocycles. The highest BCUT2D eigenvalue weighted by Crippen LogP contribution is 2.28. The lowest BCUT2D eigenvalue weighted by Crippen LogP contribution is -2.50. The van der Waals surface area contributed by atoms with Crippen LogP contribution in [0.25, 0.3) is 0 Å². The molecule has 0 bridgehead atoms. The van der Waals surface area contributed by atoms with Crippen LogP contribution in [0.1, 0.15) is 22.8 Å². The van der Waals surface area contributed by atoms with Crippen molar-refractivity contribution < 1.29 is 23.7 Å². The Labute approximate surface area is 229 Å². The van der Waals surface area contributed by atoms with Crippen LogP contribution >= 0.6 is 11.6 Å². The SMILES string of the molecule is COc1cccc([C@@H](CN2CCN(C(=O)Cc3ccc(OC)c(OC)c3)CC2)OCc2cccc(Cl)c2)c1. The lowest BCUT2D eigenvalue weighted by atomic mass is 10.1. The summed E-state index contributed by atoms with van der Waals surface area (Å²) in [6.45, 7) is 4.06. The Balaban J connectivity index is 1.36. The second kappa shape index (κ2) is 13.5. The highest BCUT2D eigenvalue weighted by Gasteiger charge is 2.25. The summed E-state index contributed by atoms with van der Waals surface area (Å²) < 4.78 is 22.5. The van der Waals surface area contributed by atoms with Crippen molar-refractivity contribution in [3.8, 4) is 17.2 Å². The van der Waals surface area contributed by atoms with Crippen molar-refractivity contribution in [2.24, 2.45) is 0 Å². The predicted octanol–water partition coefficient (Wildman–Crippen LogP) is 5.01. The van der Waals surface area contributed by atoms with Crippen LogP contribution in [0.5, 0.6) is 17.2 Å². The Morgan fingerprint density at radius 2 is 1.61 bits per heavy atom. The zero-order valence-electron chi connectivity index (χ0n) is 22.2. The molecule has 1 saturated heterocycles. The van der Waals surface area contributed by atoms with Gasteiger partial charge in [-0.1, -0.05) is 41.9 Å². The van der Waals surface area contributed by atoms with Gasteiger partial charge < -0.3 is 23.8 Å². The van der Waals surface area contributed by atoms with Crippen molar-refractivity contribution in [1.29, 1.82) is 0 Å². The molecule has 7 nitrogen and oxygen atoms in total. The van der Waals surface area contributed by atoms with Crippen LogP contribution in [-0.4, -0.2) is 69.8 Å². The lowest BCUT2D eigenvalue weighted by molar-refractivity contribution is -0.132. The number of benzene rings is 3. The summed E-state index contributed by atoms with van der Waals surface area (Å²) in [7, 11) is 4.86. The van der Waals surface area contributed by atoms with Gasteiger partial charge in [0.1, 0.15) is 5.75 Å². The number of ether oxygens (including phenoxy) is 4. The Morgan fingerprint density at radius 3 is 2.32 bits per heavy atom. The van der Waals surface area contributed by atoms with Gasteiger partial charge in [0.05, 0.1) is 40.5 Å². The van der Waals surface area contributed by atoms with Gasteiger partial charge in [-0.25, -0.2) is 0 Å². The Kier molecular flexibility index (Phi) is 9.87. The fourth-order valence-electron chi connectivity index (χ4n) is 4.61. The third-order valence-electron chi connectivity index (χ3n) is 6.76. The summed E-state index contributed by atoms with van der Waals surface area (Å²) in [5.74, 6) is 2.19. The molecule has 0 aromatic heterocycles. The molecule has 38 heavy (non-hydrogen) atoms. The molecule has 0 spiro atoms. The fraction of sp³-hybridized carbons (Fsp3) is 0.367. The van der Waals surface area contributed by atoms with Gasteiger partial charge in [-0.3, -0.25) is 9.69 Å². The first-order valence-electron chi connectivity index (χ1n) is 12.7. The van der Waals surface area contributed by atoms with Crippen LogP contribution in [0, 0.1) is 0 Å². The van der Waals surface area contributed by atoms with E-state index in [4.69, 9.17) is 30.5 Å². The van der Waals surface area contributed by atoms with Crippen molar-refractivity contribution in [2.45, 2.75) is 19.1 Å². The quantitative estimate of drug-likeness (QED) is 0.342. The van der Waals surface area contributed by atoms with Crippen LogP contribution in [0.2, 0.25) is 5.02 Å². The van der Waals surface area contributed by atoms with Crippen LogP contribution < -0.4 is 14.2 Å². The topological polar surface area (TPSA) is 60.5 Å². The molecule has 3 aromatic rings. The zero-order valence-corrected chi connectivity index (χ0v) is 22.9. The highest BCUT2D eigenvalue weighted by molar-refractivity contribution is 6.30. The van der Waals surface area contributed by atoms with Gasteiger partial charge in [0.15, 0.2) is 11.5 Å². The number of amides is 1. The number of piperazine rings is 1. The van der Waals surface area contributed by atoms with Gasteiger partial charge in [0.2, 0.25) is 5.91 Å². The Morgan fingerprint density at radius 1 is 0.842 bits per heavy atom. The molecule has 4 rings (SSSR count). The smallest absolute Gasteiger partial charge is 0.227 e. The fourth-order valence-corrected chi connectivity index (χ4v) is 4.82. The Hall–Kier alpha value is -3.26. The monoisotopic (exact) mass is 538 g/mol. The lowest BCUT2D eigenvalue weighted by Gasteiger charge is -2.36. The minimum Gasteiger partial charge on any atom is -0.497 e. The highest BCUT2D eigenvalue weighted by atomic mass is 35.5. The number of nitrogens with zero attached hydrogens (tertiary/aromatic N) is 2. The summed E-state index contributed by atoms with van der Waals surface area (Å²) in [5.41, 5.74) is 2.98. The largest absolute Gasteiger partial charge is 0.497 e. The van der Waals surface area contributed by atoms with E-state index in [0.29, 0.717) is 49.2 Å². The molecule has 8 heteroatoms. The van der Waals surface area contributed by atoms with Gasteiger partial charge in [-0.05, 0) is 53.1 Å². The van der Waals surface area contributed by atoms with Gasteiger partial charge in [0, 0.05) is 37.7 Å². The second-order valence-electron chi connectivity index (χ2n) is 9.25. The van der Waals surface area contributed by atoms with E-state index in [0.717, 1.165) is 35.5 Å². The number of hydrogen-bond acceptors (Lipinski definition) is 6. The molecule has 1 heterocycles. The van der Waals surface area contributed by atoms with E-state index < -0.39 is 0 Å². The van der Waals surface area contributed by atoms with Crippen LogP contribution in [0.4, 0.5) is 0 Å². The van der Waals surface area contributed by atoms with E-state index >= 15 is 0 Å². The van der Waals surface area contributed by atoms with E-state index in [2.05, 4.69) is 11.0 Å². The maximum absolute atomic E-state index is 13.0. The van der Waals surface area contributed by atoms with E-state index in [9.17, 15) is 4.79 Å². The number of hydrogen-bond donors (Lipinski definition) is 0. The molecule has 202 valence electrons. The number of carbonyl (C=O) groups is 1. The van der Waals surface area contributed by atoms with Crippen molar-refractivity contribution in [3.05, 3.63) is 88.4 Å². The van der Waals surface area contributed by atoms with E-state index in [1.54, 1.807) is 21.3 Å². The molecule has 0 N–H and O–H groups in total. The zero-order chi connectivity index (χ0) is 26.9. The molecule has 1 fully saturated rings. The molecule has 0 unspecified atom stereocenters. The number of methoxy groups -OCH3 is 3. The van der Waals surface area contributed by atoms with E-state index in [-0.39, 0.29) is 12.0 Å². The van der Waals surface area contributed by atoms with E-state index in [1.807, 2.05) is 65.6 Å². The molecule has 1 amide bonds. The molecule has 0 radical (unpaired) electrons. The molecule has 1 aliphatic rings. The summed E-state index contributed by atoms with van der Waals surface area (Å²) in [6, 6.07) is 21.3. The maximum Gasteiger partial charge on any atom is 0.227 e. The summed E-state index contributed by atoms with van der Waals surface area (Å²) in [5, 5.41) is 0.693. The first kappa shape index (κ1) is 27.8. The van der Waals surface area contributed by atoms with Crippen molar-refractivity contribution >= 4 is 17.5 Å². The molecular formula is C30H35ClN2O5. The van der Waals surface area contributed by atoms with Crippen LogP contribution in [0.15, 0.2) is 66.7 Å². The number of carbonyl (C=O) groups excluding carboxylic acids is 1. The number of rotatable bonds is 11. The van der Waals surface area contributed by atoms with Gasteiger partial charge in [-0.2, -0.15) is 0 Å². The normalized spacial score (nSPS) is 14.7. The van der Waals surface area contributed by atoms with Gasteiger partial charge >= 0.3 is 0 Å². The minimum absolute atomic E-state index is 0.110.